The fraction of sp³-hybridized carbons (Fsp3) is 0.167. The molecule has 62 valence electrons. The van der Waals surface area contributed by atoms with Crippen molar-refractivity contribution in [1.29, 1.82) is 0 Å². The molecule has 2 aromatic rings. The molecular weight excluding hydrogens is 176 g/mol. The summed E-state index contributed by atoms with van der Waals surface area (Å²) in [6.45, 7) is 1.82. The Morgan fingerprint density at radius 3 is 2.83 bits per heavy atom. The van der Waals surface area contributed by atoms with Crippen LogP contribution in [0.2, 0.25) is 0 Å². The Hall–Kier alpha value is -1.43. The molecule has 0 aliphatic rings. The van der Waals surface area contributed by atoms with Gasteiger partial charge in [0.2, 0.25) is 5.13 Å². The summed E-state index contributed by atoms with van der Waals surface area (Å²) < 4.78 is 4.88. The van der Waals surface area contributed by atoms with E-state index >= 15 is 0 Å². The summed E-state index contributed by atoms with van der Waals surface area (Å²) in [5.74, 6) is 0.728. The summed E-state index contributed by atoms with van der Waals surface area (Å²) in [6.07, 6.45) is 1.61. The lowest BCUT2D eigenvalue weighted by molar-refractivity contribution is 0.398. The quantitative estimate of drug-likeness (QED) is 0.714. The molecular formula is C6H6N4OS. The van der Waals surface area contributed by atoms with Crippen molar-refractivity contribution in [2.45, 2.75) is 6.92 Å². The van der Waals surface area contributed by atoms with Gasteiger partial charge in [0, 0.05) is 0 Å². The highest BCUT2D eigenvalue weighted by Gasteiger charge is 2.10. The Kier molecular flexibility index (Phi) is 1.54. The molecule has 0 aromatic carbocycles. The Balaban J connectivity index is 2.50. The van der Waals surface area contributed by atoms with Crippen LogP contribution in [0.25, 0.3) is 10.6 Å². The van der Waals surface area contributed by atoms with Crippen LogP contribution in [-0.2, 0) is 0 Å². The second-order valence-corrected chi connectivity index (χ2v) is 3.25. The van der Waals surface area contributed by atoms with Crippen LogP contribution < -0.4 is 5.73 Å². The molecule has 0 spiro atoms. The summed E-state index contributed by atoms with van der Waals surface area (Å²) in [6, 6.07) is 0. The van der Waals surface area contributed by atoms with Gasteiger partial charge >= 0.3 is 0 Å². The average molecular weight is 182 g/mol. The first-order valence-electron chi connectivity index (χ1n) is 3.28. The van der Waals surface area contributed by atoms with Crippen LogP contribution in [-0.4, -0.2) is 15.4 Å². The third-order valence-corrected chi connectivity index (χ3v) is 2.21. The first-order chi connectivity index (χ1) is 5.77. The van der Waals surface area contributed by atoms with Crippen molar-refractivity contribution in [3.05, 3.63) is 12.0 Å². The molecule has 0 fully saturated rings. The molecule has 0 amide bonds. The van der Waals surface area contributed by atoms with Gasteiger partial charge in [0.05, 0.1) is 11.8 Å². The number of anilines is 1. The zero-order valence-corrected chi connectivity index (χ0v) is 7.13. The molecule has 2 N–H and O–H groups in total. The van der Waals surface area contributed by atoms with Crippen molar-refractivity contribution in [3.63, 3.8) is 0 Å². The number of aryl methyl sites for hydroxylation is 1. The van der Waals surface area contributed by atoms with E-state index in [4.69, 9.17) is 10.3 Å². The summed E-state index contributed by atoms with van der Waals surface area (Å²) in [7, 11) is 0. The van der Waals surface area contributed by atoms with Gasteiger partial charge in [-0.25, -0.2) is 0 Å². The van der Waals surface area contributed by atoms with Crippen molar-refractivity contribution >= 4 is 16.5 Å². The van der Waals surface area contributed by atoms with Crippen molar-refractivity contribution in [3.8, 4) is 10.6 Å². The van der Waals surface area contributed by atoms with E-state index in [0.29, 0.717) is 5.13 Å². The van der Waals surface area contributed by atoms with Gasteiger partial charge in [-0.2, -0.15) is 0 Å². The highest BCUT2D eigenvalue weighted by atomic mass is 32.1. The number of nitrogens with two attached hydrogens (primary N) is 1. The van der Waals surface area contributed by atoms with Crippen molar-refractivity contribution in [2.24, 2.45) is 0 Å². The van der Waals surface area contributed by atoms with Gasteiger partial charge in [0.1, 0.15) is 5.76 Å². The van der Waals surface area contributed by atoms with Gasteiger partial charge in [-0.3, -0.25) is 0 Å². The Bertz CT molecular complexity index is 394. The maximum Gasteiger partial charge on any atom is 0.203 e. The Labute approximate surface area is 72.2 Å². The van der Waals surface area contributed by atoms with E-state index in [0.717, 1.165) is 16.3 Å². The number of hydrogen-bond donors (Lipinski definition) is 1. The molecule has 5 nitrogen and oxygen atoms in total. The lowest BCUT2D eigenvalue weighted by Crippen LogP contribution is -1.80. The summed E-state index contributed by atoms with van der Waals surface area (Å²) in [4.78, 5) is 0. The lowest BCUT2D eigenvalue weighted by Gasteiger charge is -1.85. The molecule has 0 radical (unpaired) electrons. The smallest absolute Gasteiger partial charge is 0.203 e. The highest BCUT2D eigenvalue weighted by molar-refractivity contribution is 7.18. The van der Waals surface area contributed by atoms with Crippen LogP contribution in [0.4, 0.5) is 5.13 Å². The predicted octanol–water partition coefficient (Wildman–Crippen LogP) is 1.08. The second-order valence-electron chi connectivity index (χ2n) is 2.24. The van der Waals surface area contributed by atoms with E-state index in [1.807, 2.05) is 6.92 Å². The first-order valence-corrected chi connectivity index (χ1v) is 4.09. The monoisotopic (exact) mass is 182 g/mol. The molecule has 0 bridgehead atoms. The molecule has 2 aromatic heterocycles. The van der Waals surface area contributed by atoms with Gasteiger partial charge in [-0.1, -0.05) is 16.5 Å². The summed E-state index contributed by atoms with van der Waals surface area (Å²) >= 11 is 1.32. The van der Waals surface area contributed by atoms with E-state index in [2.05, 4.69) is 15.4 Å². The van der Waals surface area contributed by atoms with Gasteiger partial charge in [0.15, 0.2) is 5.01 Å². The van der Waals surface area contributed by atoms with E-state index in [1.54, 1.807) is 6.20 Å². The molecule has 12 heavy (non-hydrogen) atoms. The zero-order chi connectivity index (χ0) is 8.55. The molecule has 0 saturated heterocycles. The van der Waals surface area contributed by atoms with Crippen molar-refractivity contribution < 1.29 is 4.52 Å². The number of nitrogen functional groups attached to an aromatic ring is 1. The molecule has 0 saturated carbocycles. The van der Waals surface area contributed by atoms with Gasteiger partial charge in [0.25, 0.3) is 0 Å². The second kappa shape index (κ2) is 2.56. The fourth-order valence-electron chi connectivity index (χ4n) is 0.847. The van der Waals surface area contributed by atoms with Crippen LogP contribution in [0.5, 0.6) is 0 Å². The zero-order valence-electron chi connectivity index (χ0n) is 6.31. The van der Waals surface area contributed by atoms with Crippen molar-refractivity contribution in [2.75, 3.05) is 5.73 Å². The van der Waals surface area contributed by atoms with Crippen LogP contribution in [0.1, 0.15) is 5.76 Å². The normalized spacial score (nSPS) is 10.4. The number of nitrogens with zero attached hydrogens (tertiary/aromatic N) is 3. The van der Waals surface area contributed by atoms with E-state index in [9.17, 15) is 0 Å². The molecule has 0 aliphatic carbocycles. The minimum atomic E-state index is 0.450. The predicted molar refractivity (Wildman–Crippen MR) is 44.6 cm³/mol. The van der Waals surface area contributed by atoms with Gasteiger partial charge in [-0.05, 0) is 6.92 Å². The maximum absolute atomic E-state index is 5.43. The number of rotatable bonds is 1. The number of hydrogen-bond acceptors (Lipinski definition) is 6. The van der Waals surface area contributed by atoms with E-state index < -0.39 is 0 Å². The Morgan fingerprint density at radius 1 is 1.50 bits per heavy atom. The first kappa shape index (κ1) is 7.23. The maximum atomic E-state index is 5.43. The average Bonchev–Trinajstić information content (AvgIpc) is 2.58. The van der Waals surface area contributed by atoms with E-state index in [-0.39, 0.29) is 0 Å². The fourth-order valence-corrected chi connectivity index (χ4v) is 1.52. The van der Waals surface area contributed by atoms with Crippen LogP contribution in [0, 0.1) is 6.92 Å². The summed E-state index contributed by atoms with van der Waals surface area (Å²) in [5.41, 5.74) is 6.28. The SMILES string of the molecule is Cc1oncc1-c1nnc(N)s1. The van der Waals surface area contributed by atoms with Crippen LogP contribution >= 0.6 is 11.3 Å². The molecule has 2 heterocycles. The van der Waals surface area contributed by atoms with E-state index in [1.165, 1.54) is 11.3 Å². The molecule has 0 unspecified atom stereocenters. The summed E-state index contributed by atoms with van der Waals surface area (Å²) in [5, 5.41) is 12.4. The molecule has 0 atom stereocenters. The molecule has 0 aliphatic heterocycles. The van der Waals surface area contributed by atoms with Gasteiger partial charge in [-0.15, -0.1) is 10.2 Å². The molecule has 6 heteroatoms. The highest BCUT2D eigenvalue weighted by Crippen LogP contribution is 2.26. The topological polar surface area (TPSA) is 77.8 Å². The minimum Gasteiger partial charge on any atom is -0.374 e. The largest absolute Gasteiger partial charge is 0.374 e. The lowest BCUT2D eigenvalue weighted by atomic mass is 10.3. The van der Waals surface area contributed by atoms with Crippen LogP contribution in [0.3, 0.4) is 0 Å². The standard InChI is InChI=1S/C6H6N4OS/c1-3-4(2-8-11-3)5-9-10-6(7)12-5/h2H,1H3,(H2,7,10). The number of aromatic nitrogens is 3. The molecule has 2 rings (SSSR count). The third kappa shape index (κ3) is 1.06. The van der Waals surface area contributed by atoms with Crippen molar-refractivity contribution in [1.82, 2.24) is 15.4 Å². The van der Waals surface area contributed by atoms with Crippen LogP contribution in [0.15, 0.2) is 10.7 Å². The Morgan fingerprint density at radius 2 is 2.33 bits per heavy atom. The third-order valence-electron chi connectivity index (χ3n) is 1.42. The minimum absolute atomic E-state index is 0.450. The van der Waals surface area contributed by atoms with Gasteiger partial charge < -0.3 is 10.3 Å².